The van der Waals surface area contributed by atoms with Crippen molar-refractivity contribution in [3.8, 4) is 0 Å². The van der Waals surface area contributed by atoms with Crippen molar-refractivity contribution in [2.75, 3.05) is 6.54 Å². The van der Waals surface area contributed by atoms with Gasteiger partial charge in [0.2, 0.25) is 0 Å². The van der Waals surface area contributed by atoms with Gasteiger partial charge in [-0.05, 0) is 34.6 Å². The predicted octanol–water partition coefficient (Wildman–Crippen LogP) is 1.88. The van der Waals surface area contributed by atoms with Crippen molar-refractivity contribution >= 4 is 6.02 Å². The van der Waals surface area contributed by atoms with Crippen molar-refractivity contribution in [1.29, 1.82) is 0 Å². The minimum absolute atomic E-state index is 0.278. The number of nitrogens with zero attached hydrogens (tertiary/aromatic N) is 2. The third kappa shape index (κ3) is 2.61. The van der Waals surface area contributed by atoms with Crippen LogP contribution in [0.2, 0.25) is 0 Å². The summed E-state index contributed by atoms with van der Waals surface area (Å²) >= 11 is 0. The Kier molecular flexibility index (Phi) is 3.17. The van der Waals surface area contributed by atoms with Crippen molar-refractivity contribution in [3.63, 3.8) is 0 Å². The third-order valence-corrected chi connectivity index (χ3v) is 2.00. The summed E-state index contributed by atoms with van der Waals surface area (Å²) in [7, 11) is 0. The van der Waals surface area contributed by atoms with Crippen molar-refractivity contribution in [1.82, 2.24) is 4.90 Å². The highest BCUT2D eigenvalue weighted by Gasteiger charge is 2.28. The van der Waals surface area contributed by atoms with Gasteiger partial charge >= 0.3 is 0 Å². The topological polar surface area (TPSA) is 24.8 Å². The third-order valence-electron chi connectivity index (χ3n) is 2.00. The Balaban J connectivity index is 2.71. The van der Waals surface area contributed by atoms with E-state index in [9.17, 15) is 0 Å². The largest absolute Gasteiger partial charge is 0.460 e. The van der Waals surface area contributed by atoms with Gasteiger partial charge in [-0.1, -0.05) is 0 Å². The number of hydrogen-bond donors (Lipinski definition) is 0. The fraction of sp³-hybridized carbons (Fsp3) is 0.900. The zero-order valence-electron chi connectivity index (χ0n) is 9.24. The molecule has 0 radical (unpaired) electrons. The van der Waals surface area contributed by atoms with E-state index in [4.69, 9.17) is 4.74 Å². The van der Waals surface area contributed by atoms with E-state index < -0.39 is 0 Å². The first kappa shape index (κ1) is 10.4. The Morgan fingerprint density at radius 2 is 2.00 bits per heavy atom. The van der Waals surface area contributed by atoms with E-state index in [-0.39, 0.29) is 6.10 Å². The smallest absolute Gasteiger partial charge is 0.288 e. The molecule has 1 fully saturated rings. The second kappa shape index (κ2) is 3.99. The van der Waals surface area contributed by atoms with Gasteiger partial charge in [-0.15, -0.1) is 0 Å². The quantitative estimate of drug-likeness (QED) is 0.654. The van der Waals surface area contributed by atoms with Crippen LogP contribution >= 0.6 is 0 Å². The molecule has 1 atom stereocenters. The maximum absolute atomic E-state index is 5.62. The van der Waals surface area contributed by atoms with E-state index in [2.05, 4.69) is 44.5 Å². The molecule has 1 heterocycles. The number of hydrogen-bond acceptors (Lipinski definition) is 2. The monoisotopic (exact) mass is 184 g/mol. The molecule has 3 nitrogen and oxygen atoms in total. The van der Waals surface area contributed by atoms with Crippen molar-refractivity contribution in [2.45, 2.75) is 52.8 Å². The number of rotatable bonds is 2. The van der Waals surface area contributed by atoms with E-state index >= 15 is 0 Å². The van der Waals surface area contributed by atoms with E-state index in [1.165, 1.54) is 0 Å². The van der Waals surface area contributed by atoms with Gasteiger partial charge in [-0.2, -0.15) is 0 Å². The molecule has 0 aromatic heterocycles. The van der Waals surface area contributed by atoms with Crippen molar-refractivity contribution in [3.05, 3.63) is 0 Å². The van der Waals surface area contributed by atoms with Gasteiger partial charge < -0.3 is 9.64 Å². The number of aliphatic imine (C=N–C) groups is 1. The molecule has 1 saturated heterocycles. The first-order valence-electron chi connectivity index (χ1n) is 5.01. The van der Waals surface area contributed by atoms with Crippen molar-refractivity contribution < 1.29 is 4.74 Å². The number of amidine groups is 1. The molecule has 0 bridgehead atoms. The zero-order valence-corrected chi connectivity index (χ0v) is 9.24. The summed E-state index contributed by atoms with van der Waals surface area (Å²) in [5.74, 6) is 0. The fourth-order valence-corrected chi connectivity index (χ4v) is 1.40. The molecule has 0 aromatic carbocycles. The molecule has 3 heteroatoms. The SMILES string of the molecule is CC(C)N=C1OC(C)CN1C(C)C. The number of ether oxygens (including phenoxy) is 1. The molecule has 76 valence electrons. The normalized spacial score (nSPS) is 26.2. The lowest BCUT2D eigenvalue weighted by molar-refractivity contribution is 0.249. The van der Waals surface area contributed by atoms with Crippen LogP contribution in [0.5, 0.6) is 0 Å². The predicted molar refractivity (Wildman–Crippen MR) is 55.0 cm³/mol. The molecule has 0 N–H and O–H groups in total. The van der Waals surface area contributed by atoms with E-state index in [1.54, 1.807) is 0 Å². The molecule has 0 aromatic rings. The summed E-state index contributed by atoms with van der Waals surface area (Å²) in [6, 6.07) is 1.60. The maximum Gasteiger partial charge on any atom is 0.288 e. The van der Waals surface area contributed by atoms with Crippen LogP contribution in [0.4, 0.5) is 0 Å². The van der Waals surface area contributed by atoms with Gasteiger partial charge in [-0.25, -0.2) is 4.99 Å². The molecule has 1 rings (SSSR count). The average Bonchev–Trinajstić information content (AvgIpc) is 2.29. The highest BCUT2D eigenvalue weighted by molar-refractivity contribution is 5.76. The molecule has 1 aliphatic rings. The van der Waals surface area contributed by atoms with Crippen LogP contribution in [0.25, 0.3) is 0 Å². The van der Waals surface area contributed by atoms with Gasteiger partial charge in [0.1, 0.15) is 6.10 Å². The van der Waals surface area contributed by atoms with Crippen LogP contribution < -0.4 is 0 Å². The Bertz CT molecular complexity index is 199. The first-order valence-corrected chi connectivity index (χ1v) is 5.01. The van der Waals surface area contributed by atoms with Gasteiger partial charge in [0.15, 0.2) is 0 Å². The molecule has 13 heavy (non-hydrogen) atoms. The summed E-state index contributed by atoms with van der Waals surface area (Å²) < 4.78 is 5.62. The molecule has 0 aliphatic carbocycles. The lowest BCUT2D eigenvalue weighted by Gasteiger charge is -2.20. The average molecular weight is 184 g/mol. The van der Waals surface area contributed by atoms with E-state index in [0.717, 1.165) is 12.6 Å². The maximum atomic E-state index is 5.62. The van der Waals surface area contributed by atoms with Crippen LogP contribution in [-0.2, 0) is 4.74 Å². The molecule has 0 amide bonds. The second-order valence-corrected chi connectivity index (χ2v) is 4.18. The van der Waals surface area contributed by atoms with Crippen LogP contribution in [0.15, 0.2) is 4.99 Å². The van der Waals surface area contributed by atoms with E-state index in [0.29, 0.717) is 12.1 Å². The zero-order chi connectivity index (χ0) is 10.0. The first-order chi connectivity index (χ1) is 6.00. The van der Waals surface area contributed by atoms with Gasteiger partial charge in [0.25, 0.3) is 6.02 Å². The van der Waals surface area contributed by atoms with Gasteiger partial charge in [0.05, 0.1) is 6.54 Å². The van der Waals surface area contributed by atoms with Crippen LogP contribution in [0.1, 0.15) is 34.6 Å². The van der Waals surface area contributed by atoms with Crippen molar-refractivity contribution in [2.24, 2.45) is 4.99 Å². The molecular formula is C10H20N2O. The molecule has 0 spiro atoms. The summed E-state index contributed by atoms with van der Waals surface area (Å²) in [6.07, 6.45) is 0.278. The van der Waals surface area contributed by atoms with Gasteiger partial charge in [-0.3, -0.25) is 0 Å². The second-order valence-electron chi connectivity index (χ2n) is 4.18. The summed E-state index contributed by atoms with van der Waals surface area (Å²) in [4.78, 5) is 6.66. The molecule has 1 aliphatic heterocycles. The molecular weight excluding hydrogens is 164 g/mol. The standard InChI is InChI=1S/C10H20N2O/c1-7(2)11-10-12(8(3)4)6-9(5)13-10/h7-9H,6H2,1-5H3. The summed E-state index contributed by atoms with van der Waals surface area (Å²) in [5.41, 5.74) is 0. The Morgan fingerprint density at radius 1 is 1.38 bits per heavy atom. The Morgan fingerprint density at radius 3 is 2.46 bits per heavy atom. The summed E-state index contributed by atoms with van der Waals surface area (Å²) in [5, 5.41) is 0. The fourth-order valence-electron chi connectivity index (χ4n) is 1.40. The minimum atomic E-state index is 0.278. The Hall–Kier alpha value is -0.730. The molecule has 1 unspecified atom stereocenters. The van der Waals surface area contributed by atoms with Gasteiger partial charge in [0, 0.05) is 12.1 Å². The molecule has 0 saturated carbocycles. The van der Waals surface area contributed by atoms with Crippen LogP contribution in [-0.4, -0.2) is 35.7 Å². The Labute approximate surface area is 80.8 Å². The lowest BCUT2D eigenvalue weighted by atomic mass is 10.3. The van der Waals surface area contributed by atoms with Crippen LogP contribution in [0.3, 0.4) is 0 Å². The minimum Gasteiger partial charge on any atom is -0.460 e. The van der Waals surface area contributed by atoms with E-state index in [1.807, 2.05) is 0 Å². The summed E-state index contributed by atoms with van der Waals surface area (Å²) in [6.45, 7) is 11.5. The highest BCUT2D eigenvalue weighted by atomic mass is 16.5. The highest BCUT2D eigenvalue weighted by Crippen LogP contribution is 2.14. The lowest BCUT2D eigenvalue weighted by Crippen LogP contribution is -2.33. The van der Waals surface area contributed by atoms with Crippen LogP contribution in [0, 0.1) is 0 Å².